The van der Waals surface area contributed by atoms with Crippen molar-refractivity contribution in [3.05, 3.63) is 33.3 Å². The first-order valence-electron chi connectivity index (χ1n) is 7.40. The van der Waals surface area contributed by atoms with Gasteiger partial charge in [0.2, 0.25) is 5.91 Å². The van der Waals surface area contributed by atoms with Gasteiger partial charge in [-0.25, -0.2) is 0 Å². The Bertz CT molecular complexity index is 521. The summed E-state index contributed by atoms with van der Waals surface area (Å²) < 4.78 is 0.858. The number of hydrogen-bond acceptors (Lipinski definition) is 2. The number of hydrogen-bond donors (Lipinski definition) is 1. The van der Waals surface area contributed by atoms with Crippen molar-refractivity contribution in [3.63, 3.8) is 0 Å². The smallest absolute Gasteiger partial charge is 0.223 e. The molecule has 0 bridgehead atoms. The van der Waals surface area contributed by atoms with Crippen LogP contribution >= 0.6 is 27.5 Å². The minimum absolute atomic E-state index is 0.0487. The lowest BCUT2D eigenvalue weighted by atomic mass is 9.95. The van der Waals surface area contributed by atoms with Gasteiger partial charge in [0.05, 0.1) is 11.1 Å². The summed E-state index contributed by atoms with van der Waals surface area (Å²) in [4.78, 5) is 14.4. The predicted molar refractivity (Wildman–Crippen MR) is 90.3 cm³/mol. The summed E-state index contributed by atoms with van der Waals surface area (Å²) in [6, 6.07) is 5.71. The number of nitrogens with zero attached hydrogens (tertiary/aromatic N) is 1. The Hall–Kier alpha value is -0.580. The van der Waals surface area contributed by atoms with Crippen molar-refractivity contribution in [2.45, 2.75) is 45.2 Å². The summed E-state index contributed by atoms with van der Waals surface area (Å²) in [5.74, 6) is 0.605. The Kier molecular flexibility index (Phi) is 5.69. The Morgan fingerprint density at radius 1 is 1.48 bits per heavy atom. The molecule has 0 radical (unpaired) electrons. The van der Waals surface area contributed by atoms with E-state index in [1.807, 2.05) is 23.1 Å². The molecule has 0 aromatic heterocycles. The lowest BCUT2D eigenvalue weighted by Gasteiger charge is -2.35. The second kappa shape index (κ2) is 7.12. The largest absolute Gasteiger partial charge is 0.334 e. The maximum atomic E-state index is 12.5. The van der Waals surface area contributed by atoms with Crippen LogP contribution in [0.25, 0.3) is 0 Å². The zero-order valence-electron chi connectivity index (χ0n) is 12.5. The normalized spacial score (nSPS) is 23.5. The van der Waals surface area contributed by atoms with E-state index in [4.69, 9.17) is 17.3 Å². The van der Waals surface area contributed by atoms with Crippen molar-refractivity contribution in [2.75, 3.05) is 6.54 Å². The van der Waals surface area contributed by atoms with Gasteiger partial charge in [0.25, 0.3) is 0 Å². The summed E-state index contributed by atoms with van der Waals surface area (Å²) in [5, 5.41) is 0.654. The first kappa shape index (κ1) is 16.8. The third-order valence-corrected chi connectivity index (χ3v) is 5.07. The predicted octanol–water partition coefficient (Wildman–Crippen LogP) is 4.14. The van der Waals surface area contributed by atoms with Crippen LogP contribution in [0.15, 0.2) is 22.7 Å². The summed E-state index contributed by atoms with van der Waals surface area (Å²) in [5.41, 5.74) is 7.40. The highest BCUT2D eigenvalue weighted by atomic mass is 79.9. The van der Waals surface area contributed by atoms with Crippen molar-refractivity contribution in [1.29, 1.82) is 0 Å². The van der Waals surface area contributed by atoms with Crippen LogP contribution < -0.4 is 5.73 Å². The standard InChI is InChI=1S/C16H22BrClN2O/c1-10(2)9-20-15(21)5-3-4-14(19)16(20)11-6-7-12(17)13(18)8-11/h6-8,10,14,16H,3-5,9,19H2,1-2H3. The first-order chi connectivity index (χ1) is 9.90. The van der Waals surface area contributed by atoms with Crippen LogP contribution in [0.5, 0.6) is 0 Å². The molecule has 1 aromatic rings. The number of nitrogens with two attached hydrogens (primary N) is 1. The molecule has 116 valence electrons. The average molecular weight is 374 g/mol. The molecule has 21 heavy (non-hydrogen) atoms. The van der Waals surface area contributed by atoms with Gasteiger partial charge >= 0.3 is 0 Å². The van der Waals surface area contributed by atoms with Gasteiger partial charge in [0, 0.05) is 23.5 Å². The van der Waals surface area contributed by atoms with Crippen molar-refractivity contribution >= 4 is 33.4 Å². The molecular formula is C16H22BrClN2O. The van der Waals surface area contributed by atoms with E-state index in [0.717, 1.165) is 29.4 Å². The number of amides is 1. The van der Waals surface area contributed by atoms with Crippen LogP contribution in [0.1, 0.15) is 44.7 Å². The van der Waals surface area contributed by atoms with Gasteiger partial charge in [-0.15, -0.1) is 0 Å². The van der Waals surface area contributed by atoms with E-state index in [1.165, 1.54) is 0 Å². The molecule has 2 N–H and O–H groups in total. The molecule has 1 aliphatic heterocycles. The quantitative estimate of drug-likeness (QED) is 0.865. The van der Waals surface area contributed by atoms with Gasteiger partial charge in [0.1, 0.15) is 0 Å². The molecule has 2 atom stereocenters. The third-order valence-electron chi connectivity index (χ3n) is 3.84. The van der Waals surface area contributed by atoms with Gasteiger partial charge < -0.3 is 10.6 Å². The lowest BCUT2D eigenvalue weighted by molar-refractivity contribution is -0.133. The van der Waals surface area contributed by atoms with Crippen molar-refractivity contribution in [3.8, 4) is 0 Å². The Balaban J connectivity index is 2.40. The molecule has 0 saturated carbocycles. The zero-order chi connectivity index (χ0) is 15.6. The number of likely N-dealkylation sites (tertiary alicyclic amines) is 1. The molecule has 0 spiro atoms. The summed E-state index contributed by atoms with van der Waals surface area (Å²) >= 11 is 9.63. The monoisotopic (exact) mass is 372 g/mol. The van der Waals surface area contributed by atoms with Crippen LogP contribution in [0.3, 0.4) is 0 Å². The molecule has 0 aliphatic carbocycles. The number of carbonyl (C=O) groups excluding carboxylic acids is 1. The van der Waals surface area contributed by atoms with Crippen LogP contribution in [-0.2, 0) is 4.79 Å². The summed E-state index contributed by atoms with van der Waals surface area (Å²) in [7, 11) is 0. The average Bonchev–Trinajstić information content (AvgIpc) is 2.53. The van der Waals surface area contributed by atoms with E-state index in [0.29, 0.717) is 17.4 Å². The van der Waals surface area contributed by atoms with Crippen molar-refractivity contribution in [2.24, 2.45) is 11.7 Å². The lowest BCUT2D eigenvalue weighted by Crippen LogP contribution is -2.43. The molecule has 1 amide bonds. The molecule has 1 aliphatic rings. The molecule has 3 nitrogen and oxygen atoms in total. The van der Waals surface area contributed by atoms with Gasteiger partial charge in [0.15, 0.2) is 0 Å². The zero-order valence-corrected chi connectivity index (χ0v) is 14.8. The Labute approximate surface area is 140 Å². The molecule has 5 heteroatoms. The fourth-order valence-corrected chi connectivity index (χ4v) is 3.34. The van der Waals surface area contributed by atoms with Crippen LogP contribution in [0.2, 0.25) is 5.02 Å². The van der Waals surface area contributed by atoms with Crippen LogP contribution in [-0.4, -0.2) is 23.4 Å². The van der Waals surface area contributed by atoms with Gasteiger partial charge in [-0.1, -0.05) is 31.5 Å². The van der Waals surface area contributed by atoms with E-state index >= 15 is 0 Å². The summed E-state index contributed by atoms with van der Waals surface area (Å²) in [6.07, 6.45) is 2.30. The minimum Gasteiger partial charge on any atom is -0.334 e. The van der Waals surface area contributed by atoms with Gasteiger partial charge in [-0.05, 0) is 52.4 Å². The Morgan fingerprint density at radius 2 is 2.19 bits per heavy atom. The second-order valence-electron chi connectivity index (χ2n) is 6.11. The van der Waals surface area contributed by atoms with E-state index in [2.05, 4.69) is 29.8 Å². The third kappa shape index (κ3) is 3.99. The first-order valence-corrected chi connectivity index (χ1v) is 8.57. The highest BCUT2D eigenvalue weighted by Crippen LogP contribution is 2.34. The van der Waals surface area contributed by atoms with Crippen LogP contribution in [0.4, 0.5) is 0 Å². The number of carbonyl (C=O) groups is 1. The number of halogens is 2. The number of benzene rings is 1. The molecule has 1 fully saturated rings. The maximum absolute atomic E-state index is 12.5. The SMILES string of the molecule is CC(C)CN1C(=O)CCCC(N)C1c1ccc(Br)c(Cl)c1. The second-order valence-corrected chi connectivity index (χ2v) is 7.38. The van der Waals surface area contributed by atoms with Crippen molar-refractivity contribution < 1.29 is 4.79 Å². The highest BCUT2D eigenvalue weighted by molar-refractivity contribution is 9.10. The molecule has 1 heterocycles. The van der Waals surface area contributed by atoms with E-state index in [-0.39, 0.29) is 18.0 Å². The fourth-order valence-electron chi connectivity index (χ4n) is 2.91. The van der Waals surface area contributed by atoms with Crippen LogP contribution in [0, 0.1) is 5.92 Å². The van der Waals surface area contributed by atoms with E-state index in [9.17, 15) is 4.79 Å². The maximum Gasteiger partial charge on any atom is 0.223 e. The highest BCUT2D eigenvalue weighted by Gasteiger charge is 2.33. The van der Waals surface area contributed by atoms with E-state index < -0.39 is 0 Å². The van der Waals surface area contributed by atoms with Gasteiger partial charge in [-0.2, -0.15) is 0 Å². The Morgan fingerprint density at radius 3 is 2.81 bits per heavy atom. The molecule has 2 rings (SSSR count). The van der Waals surface area contributed by atoms with Gasteiger partial charge in [-0.3, -0.25) is 4.79 Å². The van der Waals surface area contributed by atoms with E-state index in [1.54, 1.807) is 0 Å². The molecule has 2 unspecified atom stereocenters. The summed E-state index contributed by atoms with van der Waals surface area (Å²) in [6.45, 7) is 4.97. The molecular weight excluding hydrogens is 352 g/mol. The minimum atomic E-state index is -0.0898. The topological polar surface area (TPSA) is 46.3 Å². The molecule has 1 saturated heterocycles. The van der Waals surface area contributed by atoms with Crippen molar-refractivity contribution in [1.82, 2.24) is 4.90 Å². The molecule has 1 aromatic carbocycles. The number of rotatable bonds is 3. The fraction of sp³-hybridized carbons (Fsp3) is 0.562.